The molecule has 3 aromatic carbocycles. The van der Waals surface area contributed by atoms with Gasteiger partial charge in [0.2, 0.25) is 5.91 Å². The topological polar surface area (TPSA) is 58.6 Å². The molecule has 0 radical (unpaired) electrons. The number of halogens is 2. The molecular weight excluding hydrogens is 471 g/mol. The van der Waals surface area contributed by atoms with Crippen LogP contribution in [0.15, 0.2) is 78.9 Å². The van der Waals surface area contributed by atoms with E-state index in [2.05, 4.69) is 5.32 Å². The van der Waals surface area contributed by atoms with Crippen LogP contribution in [0.2, 0.25) is 10.0 Å². The van der Waals surface area contributed by atoms with E-state index in [0.717, 1.165) is 5.56 Å². The van der Waals surface area contributed by atoms with Crippen molar-refractivity contribution >= 4 is 35.0 Å². The summed E-state index contributed by atoms with van der Waals surface area (Å²) in [7, 11) is 0. The summed E-state index contributed by atoms with van der Waals surface area (Å²) in [5.41, 5.74) is 1.63. The van der Waals surface area contributed by atoms with Gasteiger partial charge in [-0.3, -0.25) is 9.59 Å². The van der Waals surface area contributed by atoms with Gasteiger partial charge in [-0.15, -0.1) is 0 Å². The van der Waals surface area contributed by atoms with E-state index in [1.807, 2.05) is 62.4 Å². The predicted molar refractivity (Wildman–Crippen MR) is 136 cm³/mol. The van der Waals surface area contributed by atoms with Crippen LogP contribution in [0.1, 0.15) is 25.0 Å². The van der Waals surface area contributed by atoms with Crippen LogP contribution in [0.25, 0.3) is 0 Å². The van der Waals surface area contributed by atoms with Gasteiger partial charge in [-0.1, -0.05) is 77.8 Å². The quantitative estimate of drug-likeness (QED) is 0.399. The molecule has 0 aromatic heterocycles. The van der Waals surface area contributed by atoms with Gasteiger partial charge in [0.05, 0.1) is 0 Å². The van der Waals surface area contributed by atoms with Crippen LogP contribution in [0.5, 0.6) is 5.75 Å². The van der Waals surface area contributed by atoms with Gasteiger partial charge in [0.1, 0.15) is 11.8 Å². The first-order valence-electron chi connectivity index (χ1n) is 11.1. The third-order valence-corrected chi connectivity index (χ3v) is 5.75. The van der Waals surface area contributed by atoms with Gasteiger partial charge in [-0.25, -0.2) is 0 Å². The van der Waals surface area contributed by atoms with Crippen molar-refractivity contribution in [1.82, 2.24) is 10.2 Å². The first-order chi connectivity index (χ1) is 16.3. The van der Waals surface area contributed by atoms with Crippen molar-refractivity contribution in [2.24, 2.45) is 0 Å². The van der Waals surface area contributed by atoms with E-state index in [-0.39, 0.29) is 31.0 Å². The summed E-state index contributed by atoms with van der Waals surface area (Å²) >= 11 is 12.5. The lowest BCUT2D eigenvalue weighted by molar-refractivity contribution is -0.143. The van der Waals surface area contributed by atoms with Gasteiger partial charge >= 0.3 is 0 Å². The van der Waals surface area contributed by atoms with E-state index in [1.165, 1.54) is 4.90 Å². The molecule has 178 valence electrons. The minimum atomic E-state index is -0.761. The molecule has 3 aromatic rings. The lowest BCUT2D eigenvalue weighted by Crippen LogP contribution is -2.52. The van der Waals surface area contributed by atoms with Gasteiger partial charge in [-0.2, -0.15) is 0 Å². The Hall–Kier alpha value is -3.02. The smallest absolute Gasteiger partial charge is 0.261 e. The Bertz CT molecular complexity index is 1090. The van der Waals surface area contributed by atoms with E-state index in [4.69, 9.17) is 27.9 Å². The molecule has 0 aliphatic carbocycles. The van der Waals surface area contributed by atoms with Crippen LogP contribution in [0.4, 0.5) is 0 Å². The van der Waals surface area contributed by atoms with E-state index >= 15 is 0 Å². The van der Waals surface area contributed by atoms with Crippen LogP contribution < -0.4 is 10.1 Å². The number of hydrogen-bond donors (Lipinski definition) is 1. The Kier molecular flexibility index (Phi) is 9.37. The molecule has 7 heteroatoms. The molecule has 0 saturated heterocycles. The Balaban J connectivity index is 1.93. The number of benzene rings is 3. The van der Waals surface area contributed by atoms with Crippen molar-refractivity contribution in [3.63, 3.8) is 0 Å². The molecule has 0 spiro atoms. The second-order valence-electron chi connectivity index (χ2n) is 8.23. The van der Waals surface area contributed by atoms with Gasteiger partial charge in [0, 0.05) is 29.1 Å². The van der Waals surface area contributed by atoms with Crippen molar-refractivity contribution < 1.29 is 14.3 Å². The van der Waals surface area contributed by atoms with E-state index in [0.29, 0.717) is 27.8 Å². The molecule has 34 heavy (non-hydrogen) atoms. The number of carbonyl (C=O) groups is 2. The number of rotatable bonds is 10. The van der Waals surface area contributed by atoms with E-state index < -0.39 is 6.04 Å². The number of nitrogens with one attached hydrogen (secondary N) is 1. The molecule has 0 aliphatic rings. The number of carbonyl (C=O) groups excluding carboxylic acids is 2. The molecule has 2 amide bonds. The molecule has 0 fully saturated rings. The van der Waals surface area contributed by atoms with Crippen molar-refractivity contribution in [1.29, 1.82) is 0 Å². The molecule has 0 aliphatic heterocycles. The second-order valence-corrected chi connectivity index (χ2v) is 9.07. The molecule has 5 nitrogen and oxygen atoms in total. The summed E-state index contributed by atoms with van der Waals surface area (Å²) in [6, 6.07) is 23.0. The molecule has 0 unspecified atom stereocenters. The maximum atomic E-state index is 13.5. The molecule has 1 atom stereocenters. The number of nitrogens with zero attached hydrogens (tertiary/aromatic N) is 1. The largest absolute Gasteiger partial charge is 0.484 e. The van der Waals surface area contributed by atoms with Crippen molar-refractivity contribution in [3.8, 4) is 5.75 Å². The van der Waals surface area contributed by atoms with Gasteiger partial charge in [0.25, 0.3) is 5.91 Å². The zero-order valence-electron chi connectivity index (χ0n) is 19.2. The molecule has 0 bridgehead atoms. The minimum Gasteiger partial charge on any atom is -0.484 e. The minimum absolute atomic E-state index is 0.0811. The SMILES string of the molecule is CC(C)NC(=O)[C@@H](Cc1ccccc1)N(Cc1ccc(Cl)cc1Cl)C(=O)COc1ccccc1. The Labute approximate surface area is 210 Å². The zero-order valence-corrected chi connectivity index (χ0v) is 20.7. The standard InChI is InChI=1S/C27H28Cl2N2O3/c1-19(2)30-27(33)25(15-20-9-5-3-6-10-20)31(17-21-13-14-22(28)16-24(21)29)26(32)18-34-23-11-7-4-8-12-23/h3-14,16,19,25H,15,17-18H2,1-2H3,(H,30,33)/t25-/m1/s1. The number of ether oxygens (including phenoxy) is 1. The Morgan fingerprint density at radius 2 is 1.59 bits per heavy atom. The highest BCUT2D eigenvalue weighted by molar-refractivity contribution is 6.35. The summed E-state index contributed by atoms with van der Waals surface area (Å²) in [4.78, 5) is 28.3. The Morgan fingerprint density at radius 1 is 0.941 bits per heavy atom. The number of amides is 2. The molecule has 1 N–H and O–H groups in total. The van der Waals surface area contributed by atoms with Crippen LogP contribution in [-0.2, 0) is 22.6 Å². The second kappa shape index (κ2) is 12.4. The summed E-state index contributed by atoms with van der Waals surface area (Å²) in [5.74, 6) is 0.0123. The monoisotopic (exact) mass is 498 g/mol. The lowest BCUT2D eigenvalue weighted by atomic mass is 10.0. The summed E-state index contributed by atoms with van der Waals surface area (Å²) in [6.45, 7) is 3.70. The van der Waals surface area contributed by atoms with Crippen molar-refractivity contribution in [3.05, 3.63) is 100 Å². The summed E-state index contributed by atoms with van der Waals surface area (Å²) in [6.07, 6.45) is 0.349. The van der Waals surface area contributed by atoms with Crippen LogP contribution in [0.3, 0.4) is 0 Å². The summed E-state index contributed by atoms with van der Waals surface area (Å²) in [5, 5.41) is 3.88. The van der Waals surface area contributed by atoms with E-state index in [1.54, 1.807) is 30.3 Å². The third kappa shape index (κ3) is 7.51. The molecule has 0 heterocycles. The fourth-order valence-corrected chi connectivity index (χ4v) is 3.98. The Morgan fingerprint density at radius 3 is 2.21 bits per heavy atom. The van der Waals surface area contributed by atoms with Crippen molar-refractivity contribution in [2.75, 3.05) is 6.61 Å². The first kappa shape index (κ1) is 25.6. The average Bonchev–Trinajstić information content (AvgIpc) is 2.82. The van der Waals surface area contributed by atoms with Gasteiger partial charge in [0.15, 0.2) is 6.61 Å². The fraction of sp³-hybridized carbons (Fsp3) is 0.259. The maximum Gasteiger partial charge on any atom is 0.261 e. The van der Waals surface area contributed by atoms with Crippen LogP contribution in [0, 0.1) is 0 Å². The highest BCUT2D eigenvalue weighted by Gasteiger charge is 2.31. The van der Waals surface area contributed by atoms with Gasteiger partial charge < -0.3 is 15.0 Å². The molecular formula is C27H28Cl2N2O3. The number of para-hydroxylation sites is 1. The maximum absolute atomic E-state index is 13.5. The van der Waals surface area contributed by atoms with Crippen molar-refractivity contribution in [2.45, 2.75) is 38.9 Å². The zero-order chi connectivity index (χ0) is 24.5. The predicted octanol–water partition coefficient (Wildman–Crippen LogP) is 5.54. The highest BCUT2D eigenvalue weighted by atomic mass is 35.5. The lowest BCUT2D eigenvalue weighted by Gasteiger charge is -2.32. The molecule has 3 rings (SSSR count). The van der Waals surface area contributed by atoms with Gasteiger partial charge in [-0.05, 0) is 49.2 Å². The number of hydrogen-bond acceptors (Lipinski definition) is 3. The summed E-state index contributed by atoms with van der Waals surface area (Å²) < 4.78 is 5.72. The fourth-order valence-electron chi connectivity index (χ4n) is 3.51. The van der Waals surface area contributed by atoms with Crippen LogP contribution >= 0.6 is 23.2 Å². The highest BCUT2D eigenvalue weighted by Crippen LogP contribution is 2.24. The molecule has 0 saturated carbocycles. The normalized spacial score (nSPS) is 11.7. The third-order valence-electron chi connectivity index (χ3n) is 5.16. The first-order valence-corrected chi connectivity index (χ1v) is 11.8. The van der Waals surface area contributed by atoms with E-state index in [9.17, 15) is 9.59 Å². The van der Waals surface area contributed by atoms with Crippen LogP contribution in [-0.4, -0.2) is 35.4 Å². The average molecular weight is 499 g/mol.